The highest BCUT2D eigenvalue weighted by Crippen LogP contribution is 2.31. The molecular formula is C21H24O3S. The number of hydrogen-bond acceptors (Lipinski definition) is 4. The highest BCUT2D eigenvalue weighted by Gasteiger charge is 2.25. The van der Waals surface area contributed by atoms with Crippen molar-refractivity contribution in [3.05, 3.63) is 46.4 Å². The Labute approximate surface area is 153 Å². The van der Waals surface area contributed by atoms with Gasteiger partial charge in [0.05, 0.1) is 17.4 Å². The van der Waals surface area contributed by atoms with Gasteiger partial charge in [-0.25, -0.2) is 0 Å². The van der Waals surface area contributed by atoms with Crippen LogP contribution >= 0.6 is 11.8 Å². The van der Waals surface area contributed by atoms with Crippen molar-refractivity contribution in [3.63, 3.8) is 0 Å². The summed E-state index contributed by atoms with van der Waals surface area (Å²) in [6, 6.07) is 7.72. The van der Waals surface area contributed by atoms with Crippen LogP contribution in [-0.4, -0.2) is 17.0 Å². The highest BCUT2D eigenvalue weighted by atomic mass is 32.2. The Morgan fingerprint density at radius 3 is 2.64 bits per heavy atom. The summed E-state index contributed by atoms with van der Waals surface area (Å²) in [6.07, 6.45) is 9.04. The molecule has 0 aromatic heterocycles. The topological polar surface area (TPSA) is 43.4 Å². The largest absolute Gasteiger partial charge is 0.491 e. The van der Waals surface area contributed by atoms with E-state index in [2.05, 4.69) is 19.9 Å². The van der Waals surface area contributed by atoms with Crippen molar-refractivity contribution in [2.45, 2.75) is 52.1 Å². The highest BCUT2D eigenvalue weighted by molar-refractivity contribution is 8.18. The van der Waals surface area contributed by atoms with Crippen LogP contribution in [0.25, 0.3) is 6.08 Å². The normalized spacial score (nSPS) is 23.7. The first-order valence-corrected chi connectivity index (χ1v) is 9.69. The summed E-state index contributed by atoms with van der Waals surface area (Å²) < 4.78 is 6.04. The second-order valence-electron chi connectivity index (χ2n) is 7.01. The molecule has 2 unspecified atom stereocenters. The lowest BCUT2D eigenvalue weighted by molar-refractivity contribution is -0.119. The average Bonchev–Trinajstić information content (AvgIpc) is 2.89. The minimum Gasteiger partial charge on any atom is -0.491 e. The number of allylic oxidation sites excluding steroid dienone is 3. The lowest BCUT2D eigenvalue weighted by Crippen LogP contribution is -2.18. The van der Waals surface area contributed by atoms with E-state index < -0.39 is 0 Å². The van der Waals surface area contributed by atoms with Crippen LogP contribution in [0.5, 0.6) is 5.75 Å². The molecule has 1 fully saturated rings. The number of hydrogen-bond donors (Lipinski definition) is 0. The number of benzene rings is 1. The van der Waals surface area contributed by atoms with Crippen molar-refractivity contribution in [2.75, 3.05) is 0 Å². The average molecular weight is 356 g/mol. The second-order valence-corrected chi connectivity index (χ2v) is 8.11. The second kappa shape index (κ2) is 8.05. The number of Topliss-reactive ketones (excluding diaryl/α,β-unsaturated/α-hetero) is 1. The van der Waals surface area contributed by atoms with E-state index in [1.807, 2.05) is 24.3 Å². The molecular weight excluding hydrogens is 332 g/mol. The SMILES string of the molecule is CC1=CCC(CC(C)Oc2ccc(/C=C3\SC(=O)CC3=O)cc2)CC1. The van der Waals surface area contributed by atoms with Gasteiger partial charge < -0.3 is 4.74 Å². The van der Waals surface area contributed by atoms with Crippen molar-refractivity contribution in [1.29, 1.82) is 0 Å². The van der Waals surface area contributed by atoms with Gasteiger partial charge in [0, 0.05) is 0 Å². The fraction of sp³-hybridized carbons (Fsp3) is 0.429. The summed E-state index contributed by atoms with van der Waals surface area (Å²) in [7, 11) is 0. The summed E-state index contributed by atoms with van der Waals surface area (Å²) >= 11 is 1.04. The van der Waals surface area contributed by atoms with Crippen molar-refractivity contribution in [2.24, 2.45) is 5.92 Å². The molecule has 1 aliphatic carbocycles. The minimum absolute atomic E-state index is 0.0189. The molecule has 2 aliphatic rings. The Bertz CT molecular complexity index is 715. The van der Waals surface area contributed by atoms with Gasteiger partial charge in [0.2, 0.25) is 5.12 Å². The van der Waals surface area contributed by atoms with E-state index in [1.54, 1.807) is 6.08 Å². The van der Waals surface area contributed by atoms with Crippen LogP contribution in [0, 0.1) is 5.92 Å². The maximum Gasteiger partial charge on any atom is 0.201 e. The Hall–Kier alpha value is -1.81. The zero-order valence-electron chi connectivity index (χ0n) is 14.8. The smallest absolute Gasteiger partial charge is 0.201 e. The van der Waals surface area contributed by atoms with Gasteiger partial charge in [-0.05, 0) is 81.0 Å². The summed E-state index contributed by atoms with van der Waals surface area (Å²) in [5, 5.41) is -0.0715. The van der Waals surface area contributed by atoms with Gasteiger partial charge in [0.25, 0.3) is 0 Å². The molecule has 0 bridgehead atoms. The van der Waals surface area contributed by atoms with E-state index in [4.69, 9.17) is 4.74 Å². The third kappa shape index (κ3) is 5.08. The van der Waals surface area contributed by atoms with Crippen LogP contribution in [0.15, 0.2) is 40.8 Å². The molecule has 3 nitrogen and oxygen atoms in total. The molecule has 0 N–H and O–H groups in total. The number of ketones is 1. The van der Waals surface area contributed by atoms with Crippen LogP contribution in [0.3, 0.4) is 0 Å². The monoisotopic (exact) mass is 356 g/mol. The van der Waals surface area contributed by atoms with Crippen molar-refractivity contribution in [3.8, 4) is 5.75 Å². The number of thioether (sulfide) groups is 1. The van der Waals surface area contributed by atoms with Crippen LogP contribution in [-0.2, 0) is 9.59 Å². The molecule has 0 amide bonds. The maximum absolute atomic E-state index is 11.7. The fourth-order valence-electron chi connectivity index (χ4n) is 3.32. The molecule has 0 spiro atoms. The first-order chi connectivity index (χ1) is 12.0. The third-order valence-corrected chi connectivity index (χ3v) is 5.67. The fourth-order valence-corrected chi connectivity index (χ4v) is 4.15. The predicted octanol–water partition coefficient (Wildman–Crippen LogP) is 5.16. The maximum atomic E-state index is 11.7. The quantitative estimate of drug-likeness (QED) is 0.415. The van der Waals surface area contributed by atoms with Gasteiger partial charge in [-0.1, -0.05) is 23.8 Å². The van der Waals surface area contributed by atoms with E-state index in [9.17, 15) is 9.59 Å². The first-order valence-electron chi connectivity index (χ1n) is 8.87. The number of rotatable bonds is 5. The molecule has 0 radical (unpaired) electrons. The summed E-state index contributed by atoms with van der Waals surface area (Å²) in [5.41, 5.74) is 2.42. The van der Waals surface area contributed by atoms with Gasteiger partial charge >= 0.3 is 0 Å². The van der Waals surface area contributed by atoms with E-state index >= 15 is 0 Å². The van der Waals surface area contributed by atoms with Crippen molar-refractivity contribution in [1.82, 2.24) is 0 Å². The molecule has 3 rings (SSSR count). The Kier molecular flexibility index (Phi) is 5.79. The first kappa shape index (κ1) is 18.0. The van der Waals surface area contributed by atoms with E-state index in [1.165, 1.54) is 18.4 Å². The van der Waals surface area contributed by atoms with E-state index in [-0.39, 0.29) is 23.4 Å². The zero-order valence-corrected chi connectivity index (χ0v) is 15.6. The van der Waals surface area contributed by atoms with Crippen LogP contribution < -0.4 is 4.74 Å². The Morgan fingerprint density at radius 2 is 2.04 bits per heavy atom. The molecule has 1 heterocycles. The number of carbonyl (C=O) groups is 2. The molecule has 132 valence electrons. The summed E-state index contributed by atoms with van der Waals surface area (Å²) in [5.74, 6) is 1.48. The molecule has 1 saturated heterocycles. The minimum atomic E-state index is -0.0827. The van der Waals surface area contributed by atoms with Crippen LogP contribution in [0.4, 0.5) is 0 Å². The Balaban J connectivity index is 1.55. The lowest BCUT2D eigenvalue weighted by Gasteiger charge is -2.24. The zero-order chi connectivity index (χ0) is 17.8. The van der Waals surface area contributed by atoms with Crippen LogP contribution in [0.1, 0.15) is 51.5 Å². The number of carbonyl (C=O) groups excluding carboxylic acids is 2. The third-order valence-electron chi connectivity index (χ3n) is 4.73. The molecule has 0 saturated carbocycles. The van der Waals surface area contributed by atoms with Crippen molar-refractivity contribution < 1.29 is 14.3 Å². The van der Waals surface area contributed by atoms with Gasteiger partial charge in [-0.2, -0.15) is 0 Å². The Morgan fingerprint density at radius 1 is 1.28 bits per heavy atom. The van der Waals surface area contributed by atoms with Gasteiger partial charge in [-0.3, -0.25) is 9.59 Å². The molecule has 2 atom stereocenters. The van der Waals surface area contributed by atoms with E-state index in [0.717, 1.165) is 35.9 Å². The lowest BCUT2D eigenvalue weighted by atomic mass is 9.86. The summed E-state index contributed by atoms with van der Waals surface area (Å²) in [6.45, 7) is 4.33. The molecule has 1 aromatic rings. The van der Waals surface area contributed by atoms with Gasteiger partial charge in [-0.15, -0.1) is 0 Å². The van der Waals surface area contributed by atoms with Crippen molar-refractivity contribution >= 4 is 28.7 Å². The summed E-state index contributed by atoms with van der Waals surface area (Å²) in [4.78, 5) is 23.5. The van der Waals surface area contributed by atoms with Crippen LogP contribution in [0.2, 0.25) is 0 Å². The molecule has 4 heteroatoms. The van der Waals surface area contributed by atoms with Gasteiger partial charge in [0.15, 0.2) is 5.78 Å². The standard InChI is InChI=1S/C21H24O3S/c1-14-3-5-16(6-4-14)11-15(2)24-18-9-7-17(8-10-18)12-20-19(22)13-21(23)25-20/h3,7-10,12,15-16H,4-6,11,13H2,1-2H3/b20-12-. The number of ether oxygens (including phenoxy) is 1. The van der Waals surface area contributed by atoms with E-state index in [0.29, 0.717) is 10.8 Å². The molecule has 1 aromatic carbocycles. The molecule has 1 aliphatic heterocycles. The molecule has 25 heavy (non-hydrogen) atoms. The van der Waals surface area contributed by atoms with Gasteiger partial charge in [0.1, 0.15) is 5.75 Å². The predicted molar refractivity (Wildman–Crippen MR) is 102 cm³/mol.